The number of aromatic hydroxyl groups is 1. The Balaban J connectivity index is 3.15. The Kier molecular flexibility index (Phi) is 6.89. The molecule has 120 valence electrons. The van der Waals surface area contributed by atoms with E-state index in [1.807, 2.05) is 11.0 Å². The number of nitrogens with zero attached hydrogens (tertiary/aromatic N) is 1. The first-order chi connectivity index (χ1) is 10.5. The average molecular weight is 302 g/mol. The summed E-state index contributed by atoms with van der Waals surface area (Å²) < 4.78 is 0. The lowest BCUT2D eigenvalue weighted by Crippen LogP contribution is -2.29. The molecule has 0 fully saturated rings. The number of hydrogen-bond donors (Lipinski definition) is 4. The van der Waals surface area contributed by atoms with Gasteiger partial charge in [-0.2, -0.15) is 0 Å². The van der Waals surface area contributed by atoms with E-state index in [1.165, 1.54) is 0 Å². The summed E-state index contributed by atoms with van der Waals surface area (Å²) in [5.74, 6) is 0.311. The number of rotatable bonds is 8. The van der Waals surface area contributed by atoms with Gasteiger partial charge in [-0.15, -0.1) is 6.58 Å². The van der Waals surface area contributed by atoms with Gasteiger partial charge in [-0.05, 0) is 24.6 Å². The fraction of sp³-hybridized carbons (Fsp3) is 0.294. The Labute approximate surface area is 132 Å². The quantitative estimate of drug-likeness (QED) is 0.435. The van der Waals surface area contributed by atoms with E-state index in [9.17, 15) is 5.11 Å². The first-order valence-electron chi connectivity index (χ1n) is 7.37. The Hall–Kier alpha value is -2.56. The standard InChI is InChI=1S/C17H26N4O/c1-3-5-11-21(10-4-2)15(17(19)20)12-14(18)13-8-6-7-9-16(13)22/h4,6-9,12,22H,2-3,5,10-11,18-20H2,1H3/b14-12-. The maximum absolute atomic E-state index is 9.89. The largest absolute Gasteiger partial charge is 0.507 e. The highest BCUT2D eigenvalue weighted by Crippen LogP contribution is 2.23. The topological polar surface area (TPSA) is 102 Å². The lowest BCUT2D eigenvalue weighted by atomic mass is 10.1. The second kappa shape index (κ2) is 8.67. The Morgan fingerprint density at radius 2 is 1.95 bits per heavy atom. The van der Waals surface area contributed by atoms with Crippen LogP contribution in [0.25, 0.3) is 5.70 Å². The Morgan fingerprint density at radius 1 is 1.27 bits per heavy atom. The molecule has 0 bridgehead atoms. The predicted molar refractivity (Wildman–Crippen MR) is 92.4 cm³/mol. The number of allylic oxidation sites excluding steroid dienone is 1. The third-order valence-electron chi connectivity index (χ3n) is 3.27. The van der Waals surface area contributed by atoms with E-state index in [0.29, 0.717) is 23.5 Å². The van der Waals surface area contributed by atoms with E-state index in [2.05, 4.69) is 13.5 Å². The molecule has 5 nitrogen and oxygen atoms in total. The summed E-state index contributed by atoms with van der Waals surface area (Å²) in [6, 6.07) is 6.88. The van der Waals surface area contributed by atoms with Crippen LogP contribution in [-0.4, -0.2) is 23.1 Å². The van der Waals surface area contributed by atoms with Gasteiger partial charge in [0.15, 0.2) is 0 Å². The molecule has 0 amide bonds. The molecule has 0 atom stereocenters. The van der Waals surface area contributed by atoms with Crippen molar-refractivity contribution in [1.29, 1.82) is 0 Å². The molecule has 7 N–H and O–H groups in total. The molecule has 0 saturated heterocycles. The molecular weight excluding hydrogens is 276 g/mol. The van der Waals surface area contributed by atoms with Crippen LogP contribution >= 0.6 is 0 Å². The summed E-state index contributed by atoms with van der Waals surface area (Å²) in [6.07, 6.45) is 5.56. The van der Waals surface area contributed by atoms with Gasteiger partial charge < -0.3 is 27.2 Å². The highest BCUT2D eigenvalue weighted by atomic mass is 16.3. The normalized spacial score (nSPS) is 11.0. The smallest absolute Gasteiger partial charge is 0.124 e. The summed E-state index contributed by atoms with van der Waals surface area (Å²) in [6.45, 7) is 7.31. The van der Waals surface area contributed by atoms with Crippen molar-refractivity contribution in [3.63, 3.8) is 0 Å². The third-order valence-corrected chi connectivity index (χ3v) is 3.27. The second-order valence-electron chi connectivity index (χ2n) is 5.05. The molecule has 1 rings (SSSR count). The van der Waals surface area contributed by atoms with Crippen molar-refractivity contribution < 1.29 is 5.11 Å². The Bertz CT molecular complexity index is 560. The maximum atomic E-state index is 9.89. The van der Waals surface area contributed by atoms with Crippen LogP contribution in [0.5, 0.6) is 5.75 Å². The van der Waals surface area contributed by atoms with E-state index in [4.69, 9.17) is 17.2 Å². The molecule has 0 aliphatic carbocycles. The van der Waals surface area contributed by atoms with E-state index in [-0.39, 0.29) is 11.6 Å². The van der Waals surface area contributed by atoms with Crippen molar-refractivity contribution in [2.75, 3.05) is 13.1 Å². The van der Waals surface area contributed by atoms with Gasteiger partial charge in [0.1, 0.15) is 11.6 Å². The van der Waals surface area contributed by atoms with Crippen LogP contribution in [0.3, 0.4) is 0 Å². The highest BCUT2D eigenvalue weighted by Gasteiger charge is 2.11. The molecule has 1 aromatic carbocycles. The molecule has 0 radical (unpaired) electrons. The molecule has 0 aromatic heterocycles. The van der Waals surface area contributed by atoms with Crippen LogP contribution in [-0.2, 0) is 0 Å². The number of unbranched alkanes of at least 4 members (excludes halogenated alkanes) is 1. The van der Waals surface area contributed by atoms with Gasteiger partial charge >= 0.3 is 0 Å². The maximum Gasteiger partial charge on any atom is 0.124 e. The van der Waals surface area contributed by atoms with Crippen molar-refractivity contribution >= 4 is 5.70 Å². The molecule has 22 heavy (non-hydrogen) atoms. The van der Waals surface area contributed by atoms with E-state index in [1.54, 1.807) is 30.4 Å². The van der Waals surface area contributed by atoms with Crippen LogP contribution in [0, 0.1) is 0 Å². The lowest BCUT2D eigenvalue weighted by molar-refractivity contribution is 0.378. The zero-order valence-corrected chi connectivity index (χ0v) is 13.1. The molecule has 1 aromatic rings. The van der Waals surface area contributed by atoms with Crippen molar-refractivity contribution in [3.8, 4) is 5.75 Å². The van der Waals surface area contributed by atoms with Gasteiger partial charge in [-0.25, -0.2) is 0 Å². The van der Waals surface area contributed by atoms with Gasteiger partial charge in [-0.3, -0.25) is 0 Å². The molecule has 0 heterocycles. The number of hydrogen-bond acceptors (Lipinski definition) is 5. The summed E-state index contributed by atoms with van der Waals surface area (Å²) in [7, 11) is 0. The van der Waals surface area contributed by atoms with E-state index >= 15 is 0 Å². The van der Waals surface area contributed by atoms with Gasteiger partial charge in [0.25, 0.3) is 0 Å². The average Bonchev–Trinajstić information content (AvgIpc) is 2.49. The summed E-state index contributed by atoms with van der Waals surface area (Å²) in [5.41, 5.74) is 19.4. The van der Waals surface area contributed by atoms with Crippen LogP contribution in [0.15, 0.2) is 54.5 Å². The molecule has 5 heteroatoms. The molecule has 0 aliphatic rings. The number of nitrogens with two attached hydrogens (primary N) is 3. The number of para-hydroxylation sites is 1. The first-order valence-corrected chi connectivity index (χ1v) is 7.37. The van der Waals surface area contributed by atoms with E-state index in [0.717, 1.165) is 19.4 Å². The summed E-state index contributed by atoms with van der Waals surface area (Å²) in [5, 5.41) is 9.89. The summed E-state index contributed by atoms with van der Waals surface area (Å²) in [4.78, 5) is 2.03. The minimum atomic E-state index is 0.120. The molecular formula is C17H26N4O. The zero-order chi connectivity index (χ0) is 16.5. The van der Waals surface area contributed by atoms with Crippen LogP contribution in [0.4, 0.5) is 0 Å². The second-order valence-corrected chi connectivity index (χ2v) is 5.05. The molecule has 0 aliphatic heterocycles. The van der Waals surface area contributed by atoms with Crippen LogP contribution in [0.2, 0.25) is 0 Å². The van der Waals surface area contributed by atoms with Crippen LogP contribution < -0.4 is 17.2 Å². The lowest BCUT2D eigenvalue weighted by Gasteiger charge is -2.25. The fourth-order valence-corrected chi connectivity index (χ4v) is 2.11. The third kappa shape index (κ3) is 4.77. The SMILES string of the molecule is C=CCN(CCCC)C(/C=C(\N)c1ccccc1O)=C(N)N. The van der Waals surface area contributed by atoms with Crippen molar-refractivity contribution in [3.05, 3.63) is 60.1 Å². The minimum absolute atomic E-state index is 0.120. The van der Waals surface area contributed by atoms with Gasteiger partial charge in [-0.1, -0.05) is 31.6 Å². The zero-order valence-electron chi connectivity index (χ0n) is 13.1. The van der Waals surface area contributed by atoms with Gasteiger partial charge in [0, 0.05) is 24.4 Å². The fourth-order valence-electron chi connectivity index (χ4n) is 2.11. The highest BCUT2D eigenvalue weighted by molar-refractivity contribution is 5.69. The molecule has 0 unspecified atom stereocenters. The van der Waals surface area contributed by atoms with Crippen LogP contribution in [0.1, 0.15) is 25.3 Å². The minimum Gasteiger partial charge on any atom is -0.507 e. The number of phenols is 1. The molecule has 0 saturated carbocycles. The number of phenolic OH excluding ortho intramolecular Hbond substituents is 1. The van der Waals surface area contributed by atoms with Crippen molar-refractivity contribution in [2.45, 2.75) is 19.8 Å². The first kappa shape index (κ1) is 17.5. The van der Waals surface area contributed by atoms with Crippen molar-refractivity contribution in [1.82, 2.24) is 4.90 Å². The van der Waals surface area contributed by atoms with Gasteiger partial charge in [0.2, 0.25) is 0 Å². The predicted octanol–water partition coefficient (Wildman–Crippen LogP) is 2.07. The summed E-state index contributed by atoms with van der Waals surface area (Å²) >= 11 is 0. The monoisotopic (exact) mass is 302 g/mol. The van der Waals surface area contributed by atoms with E-state index < -0.39 is 0 Å². The molecule has 0 spiro atoms. The number of benzene rings is 1. The van der Waals surface area contributed by atoms with Gasteiger partial charge in [0.05, 0.1) is 5.70 Å². The van der Waals surface area contributed by atoms with Crippen molar-refractivity contribution in [2.24, 2.45) is 17.2 Å². The Morgan fingerprint density at radius 3 is 2.50 bits per heavy atom.